The number of aromatic hydroxyl groups is 1. The van der Waals surface area contributed by atoms with Crippen molar-refractivity contribution in [2.24, 2.45) is 0 Å². The van der Waals surface area contributed by atoms with Crippen LogP contribution in [0.2, 0.25) is 0 Å². The normalized spacial score (nSPS) is 25.1. The highest BCUT2D eigenvalue weighted by atomic mass is 16.5. The van der Waals surface area contributed by atoms with Gasteiger partial charge in [-0.15, -0.1) is 0 Å². The predicted octanol–water partition coefficient (Wildman–Crippen LogP) is 2.01. The zero-order valence-electron chi connectivity index (χ0n) is 11.2. The molecule has 1 saturated heterocycles. The number of hydrogen-bond donors (Lipinski definition) is 1. The van der Waals surface area contributed by atoms with E-state index in [-0.39, 0.29) is 18.0 Å². The lowest BCUT2D eigenvalue weighted by molar-refractivity contribution is -0.0704. The lowest BCUT2D eigenvalue weighted by Crippen LogP contribution is -2.44. The van der Waals surface area contributed by atoms with Crippen LogP contribution in [0.25, 0.3) is 0 Å². The number of benzene rings is 1. The molecule has 0 saturated carbocycles. The Bertz CT molecular complexity index is 398. The van der Waals surface area contributed by atoms with Crippen LogP contribution in [0.4, 0.5) is 0 Å². The Morgan fingerprint density at radius 1 is 1.33 bits per heavy atom. The second kappa shape index (κ2) is 5.59. The highest BCUT2D eigenvalue weighted by Gasteiger charge is 2.22. The Balaban J connectivity index is 2.02. The second-order valence-electron chi connectivity index (χ2n) is 4.96. The van der Waals surface area contributed by atoms with Gasteiger partial charge in [0, 0.05) is 19.6 Å². The summed E-state index contributed by atoms with van der Waals surface area (Å²) in [6.45, 7) is 6.87. The van der Waals surface area contributed by atoms with Crippen LogP contribution in [0.3, 0.4) is 0 Å². The predicted molar refractivity (Wildman–Crippen MR) is 69.9 cm³/mol. The Morgan fingerprint density at radius 2 is 2.00 bits per heavy atom. The number of phenolic OH excluding ortho intramolecular Hbond substituents is 1. The van der Waals surface area contributed by atoms with Gasteiger partial charge in [-0.1, -0.05) is 6.07 Å². The summed E-state index contributed by atoms with van der Waals surface area (Å²) in [5.74, 6) is 0.715. The second-order valence-corrected chi connectivity index (χ2v) is 4.96. The Kier molecular flexibility index (Phi) is 4.09. The summed E-state index contributed by atoms with van der Waals surface area (Å²) in [7, 11) is 1.56. The first kappa shape index (κ1) is 13.2. The van der Waals surface area contributed by atoms with Crippen LogP contribution in [-0.2, 0) is 11.3 Å². The Hall–Kier alpha value is -1.26. The summed E-state index contributed by atoms with van der Waals surface area (Å²) in [4.78, 5) is 2.35. The molecule has 1 aliphatic rings. The first-order valence-corrected chi connectivity index (χ1v) is 6.32. The van der Waals surface area contributed by atoms with Gasteiger partial charge in [-0.25, -0.2) is 0 Å². The molecule has 0 amide bonds. The van der Waals surface area contributed by atoms with Crippen molar-refractivity contribution in [3.8, 4) is 11.5 Å². The third-order valence-electron chi connectivity index (χ3n) is 3.14. The molecule has 0 radical (unpaired) electrons. The number of morpholine rings is 1. The summed E-state index contributed by atoms with van der Waals surface area (Å²) in [5.41, 5.74) is 1.09. The average molecular weight is 251 g/mol. The molecule has 1 heterocycles. The van der Waals surface area contributed by atoms with Crippen LogP contribution in [-0.4, -0.2) is 42.4 Å². The molecule has 1 aliphatic heterocycles. The van der Waals surface area contributed by atoms with Gasteiger partial charge in [-0.3, -0.25) is 4.90 Å². The highest BCUT2D eigenvalue weighted by molar-refractivity contribution is 5.41. The van der Waals surface area contributed by atoms with Crippen LogP contribution in [0.15, 0.2) is 18.2 Å². The highest BCUT2D eigenvalue weighted by Crippen LogP contribution is 2.27. The maximum atomic E-state index is 9.76. The average Bonchev–Trinajstić information content (AvgIpc) is 2.27. The molecule has 0 bridgehead atoms. The van der Waals surface area contributed by atoms with Gasteiger partial charge < -0.3 is 14.6 Å². The standard InChI is InChI=1S/C14H21NO3/c1-10-7-15(8-11(2)18-10)9-12-4-5-14(17-3)13(16)6-12/h4-6,10-11,16H,7-9H2,1-3H3/t10-,11-/m1/s1. The minimum Gasteiger partial charge on any atom is -0.504 e. The van der Waals surface area contributed by atoms with E-state index in [1.165, 1.54) is 0 Å². The summed E-state index contributed by atoms with van der Waals surface area (Å²) in [5, 5.41) is 9.76. The maximum Gasteiger partial charge on any atom is 0.160 e. The van der Waals surface area contributed by atoms with E-state index in [4.69, 9.17) is 9.47 Å². The topological polar surface area (TPSA) is 41.9 Å². The molecule has 2 atom stereocenters. The smallest absolute Gasteiger partial charge is 0.160 e. The molecule has 4 heteroatoms. The van der Waals surface area contributed by atoms with Crippen molar-refractivity contribution in [3.63, 3.8) is 0 Å². The molecule has 0 aliphatic carbocycles. The minimum absolute atomic E-state index is 0.198. The molecular formula is C14H21NO3. The number of nitrogens with zero attached hydrogens (tertiary/aromatic N) is 1. The van der Waals surface area contributed by atoms with Gasteiger partial charge in [0.25, 0.3) is 0 Å². The molecule has 100 valence electrons. The first-order valence-electron chi connectivity index (χ1n) is 6.32. The number of phenols is 1. The van der Waals surface area contributed by atoms with E-state index in [1.807, 2.05) is 6.07 Å². The van der Waals surface area contributed by atoms with Crippen molar-refractivity contribution in [2.45, 2.75) is 32.6 Å². The van der Waals surface area contributed by atoms with Crippen molar-refractivity contribution >= 4 is 0 Å². The van der Waals surface area contributed by atoms with E-state index in [0.29, 0.717) is 5.75 Å². The van der Waals surface area contributed by atoms with E-state index >= 15 is 0 Å². The van der Waals surface area contributed by atoms with Crippen LogP contribution in [0.5, 0.6) is 11.5 Å². The molecule has 4 nitrogen and oxygen atoms in total. The third kappa shape index (κ3) is 3.15. The van der Waals surface area contributed by atoms with E-state index in [0.717, 1.165) is 25.2 Å². The Labute approximate surface area is 108 Å². The number of hydrogen-bond acceptors (Lipinski definition) is 4. The quantitative estimate of drug-likeness (QED) is 0.892. The molecule has 1 fully saturated rings. The van der Waals surface area contributed by atoms with Crippen molar-refractivity contribution in [1.82, 2.24) is 4.90 Å². The maximum absolute atomic E-state index is 9.76. The fourth-order valence-electron chi connectivity index (χ4n) is 2.51. The monoisotopic (exact) mass is 251 g/mol. The van der Waals surface area contributed by atoms with Crippen LogP contribution in [0.1, 0.15) is 19.4 Å². The van der Waals surface area contributed by atoms with Crippen LogP contribution in [0, 0.1) is 0 Å². The molecule has 0 spiro atoms. The summed E-state index contributed by atoms with van der Waals surface area (Å²) in [6, 6.07) is 5.56. The summed E-state index contributed by atoms with van der Waals surface area (Å²) in [6.07, 6.45) is 0.529. The molecular weight excluding hydrogens is 230 g/mol. The molecule has 1 N–H and O–H groups in total. The Morgan fingerprint density at radius 3 is 2.56 bits per heavy atom. The van der Waals surface area contributed by atoms with Gasteiger partial charge in [0.1, 0.15) is 0 Å². The molecule has 1 aromatic rings. The zero-order chi connectivity index (χ0) is 13.1. The fourth-order valence-corrected chi connectivity index (χ4v) is 2.51. The first-order chi connectivity index (χ1) is 8.58. The lowest BCUT2D eigenvalue weighted by atomic mass is 10.1. The van der Waals surface area contributed by atoms with Gasteiger partial charge >= 0.3 is 0 Å². The molecule has 2 rings (SSSR count). The van der Waals surface area contributed by atoms with Crippen molar-refractivity contribution in [3.05, 3.63) is 23.8 Å². The zero-order valence-corrected chi connectivity index (χ0v) is 11.2. The van der Waals surface area contributed by atoms with Crippen LogP contribution < -0.4 is 4.74 Å². The van der Waals surface area contributed by atoms with Gasteiger partial charge in [0.05, 0.1) is 19.3 Å². The van der Waals surface area contributed by atoms with Gasteiger partial charge in [0.2, 0.25) is 0 Å². The molecule has 0 aromatic heterocycles. The summed E-state index contributed by atoms with van der Waals surface area (Å²) >= 11 is 0. The largest absolute Gasteiger partial charge is 0.504 e. The number of methoxy groups -OCH3 is 1. The van der Waals surface area contributed by atoms with Crippen LogP contribution >= 0.6 is 0 Å². The van der Waals surface area contributed by atoms with Crippen molar-refractivity contribution in [2.75, 3.05) is 20.2 Å². The molecule has 0 unspecified atom stereocenters. The fraction of sp³-hybridized carbons (Fsp3) is 0.571. The van der Waals surface area contributed by atoms with E-state index in [1.54, 1.807) is 19.2 Å². The minimum atomic E-state index is 0.198. The van der Waals surface area contributed by atoms with Gasteiger partial charge in [-0.2, -0.15) is 0 Å². The number of ether oxygens (including phenoxy) is 2. The third-order valence-corrected chi connectivity index (χ3v) is 3.14. The molecule has 18 heavy (non-hydrogen) atoms. The van der Waals surface area contributed by atoms with E-state index in [2.05, 4.69) is 18.7 Å². The lowest BCUT2D eigenvalue weighted by Gasteiger charge is -2.35. The summed E-state index contributed by atoms with van der Waals surface area (Å²) < 4.78 is 10.7. The van der Waals surface area contributed by atoms with Crippen molar-refractivity contribution < 1.29 is 14.6 Å². The SMILES string of the molecule is COc1ccc(CN2C[C@@H](C)O[C@H](C)C2)cc1O. The number of rotatable bonds is 3. The van der Waals surface area contributed by atoms with E-state index in [9.17, 15) is 5.11 Å². The molecule has 1 aromatic carbocycles. The van der Waals surface area contributed by atoms with Crippen molar-refractivity contribution in [1.29, 1.82) is 0 Å². The van der Waals surface area contributed by atoms with Gasteiger partial charge in [0.15, 0.2) is 11.5 Å². The van der Waals surface area contributed by atoms with Gasteiger partial charge in [-0.05, 0) is 31.5 Å². The van der Waals surface area contributed by atoms with E-state index < -0.39 is 0 Å².